The van der Waals surface area contributed by atoms with Gasteiger partial charge in [0.25, 0.3) is 0 Å². The van der Waals surface area contributed by atoms with Crippen molar-refractivity contribution in [2.75, 3.05) is 7.11 Å². The van der Waals surface area contributed by atoms with Gasteiger partial charge in [-0.15, -0.1) is 0 Å². The molecular formula is C31H50O3. The highest BCUT2D eigenvalue weighted by Gasteiger charge is 2.66. The molecule has 5 rings (SSSR count). The zero-order valence-corrected chi connectivity index (χ0v) is 23.1. The molecule has 0 aromatic carbocycles. The summed E-state index contributed by atoms with van der Waals surface area (Å²) in [7, 11) is 1.83. The summed E-state index contributed by atoms with van der Waals surface area (Å²) in [5.74, 6) is 2.38. The van der Waals surface area contributed by atoms with Crippen LogP contribution in [0.1, 0.15) is 99.8 Å². The fourth-order valence-corrected chi connectivity index (χ4v) is 10.2. The van der Waals surface area contributed by atoms with Gasteiger partial charge in [0.15, 0.2) is 6.29 Å². The predicted molar refractivity (Wildman–Crippen MR) is 138 cm³/mol. The van der Waals surface area contributed by atoms with Gasteiger partial charge in [0.05, 0.1) is 12.2 Å². The maximum absolute atomic E-state index is 10.9. The van der Waals surface area contributed by atoms with E-state index in [1.807, 2.05) is 7.11 Å². The molecule has 3 heteroatoms. The average molecular weight is 471 g/mol. The van der Waals surface area contributed by atoms with Gasteiger partial charge >= 0.3 is 0 Å². The molecule has 0 radical (unpaired) electrons. The lowest BCUT2D eigenvalue weighted by atomic mass is 9.41. The van der Waals surface area contributed by atoms with E-state index in [0.717, 1.165) is 19.3 Å². The molecule has 3 nitrogen and oxygen atoms in total. The van der Waals surface area contributed by atoms with E-state index in [1.54, 1.807) is 5.57 Å². The van der Waals surface area contributed by atoms with Crippen molar-refractivity contribution in [3.8, 4) is 0 Å². The lowest BCUT2D eigenvalue weighted by molar-refractivity contribution is -0.150. The van der Waals surface area contributed by atoms with E-state index >= 15 is 0 Å². The van der Waals surface area contributed by atoms with Crippen molar-refractivity contribution >= 4 is 0 Å². The van der Waals surface area contributed by atoms with Gasteiger partial charge in [0, 0.05) is 13.0 Å². The molecule has 0 aromatic heterocycles. The quantitative estimate of drug-likeness (QED) is 0.440. The van der Waals surface area contributed by atoms with Gasteiger partial charge in [-0.3, -0.25) is 0 Å². The standard InChI is InChI=1S/C31H50O3/c1-19(2)17-20-18-21(27(33-8)34-20)22-11-15-31(7)24-9-10-25-28(3,4)26(32)13-14-29(25,5)23(24)12-16-30(22,31)6/h9,17,20-23,25-27,32H,10-16,18H2,1-8H3/t20-,21+,22+,23+,25+,26+,27-,29-,30+,31-/m1/s1. The molecule has 3 saturated carbocycles. The predicted octanol–water partition coefficient (Wildman–Crippen LogP) is 7.30. The number of ether oxygens (including phenoxy) is 2. The third-order valence-electron chi connectivity index (χ3n) is 12.3. The highest BCUT2D eigenvalue weighted by Crippen LogP contribution is 2.73. The Bertz CT molecular complexity index is 868. The molecule has 5 aliphatic rings. The molecule has 0 amide bonds. The summed E-state index contributed by atoms with van der Waals surface area (Å²) in [5.41, 5.74) is 3.99. The fraction of sp³-hybridized carbons (Fsp3) is 0.871. The molecular weight excluding hydrogens is 420 g/mol. The Morgan fingerprint density at radius 1 is 1.06 bits per heavy atom. The van der Waals surface area contributed by atoms with Crippen molar-refractivity contribution in [2.24, 2.45) is 45.3 Å². The second kappa shape index (κ2) is 8.18. The lowest BCUT2D eigenvalue weighted by Gasteiger charge is -2.64. The minimum absolute atomic E-state index is 0.00169. The van der Waals surface area contributed by atoms with Gasteiger partial charge in [-0.1, -0.05) is 57.9 Å². The average Bonchev–Trinajstić information content (AvgIpc) is 3.28. The Morgan fingerprint density at radius 3 is 2.47 bits per heavy atom. The van der Waals surface area contributed by atoms with Gasteiger partial charge < -0.3 is 14.6 Å². The van der Waals surface area contributed by atoms with Crippen molar-refractivity contribution in [1.82, 2.24) is 0 Å². The number of aliphatic hydroxyl groups is 1. The number of fused-ring (bicyclic) bond motifs is 5. The fourth-order valence-electron chi connectivity index (χ4n) is 10.2. The third-order valence-corrected chi connectivity index (χ3v) is 12.3. The summed E-state index contributed by atoms with van der Waals surface area (Å²) in [6.07, 6.45) is 14.5. The van der Waals surface area contributed by atoms with Gasteiger partial charge in [-0.25, -0.2) is 0 Å². The Labute approximate surface area is 208 Å². The van der Waals surface area contributed by atoms with E-state index in [-0.39, 0.29) is 29.3 Å². The summed E-state index contributed by atoms with van der Waals surface area (Å²) in [6.45, 7) is 16.8. The first-order valence-electron chi connectivity index (χ1n) is 14.1. The minimum Gasteiger partial charge on any atom is -0.393 e. The summed E-state index contributed by atoms with van der Waals surface area (Å²) in [5, 5.41) is 10.9. The maximum atomic E-state index is 10.9. The second-order valence-corrected chi connectivity index (χ2v) is 14.2. The molecule has 0 bridgehead atoms. The first-order chi connectivity index (χ1) is 15.9. The molecule has 0 aromatic rings. The number of aliphatic hydroxyl groups excluding tert-OH is 1. The van der Waals surface area contributed by atoms with Crippen LogP contribution in [-0.4, -0.2) is 30.7 Å². The summed E-state index contributed by atoms with van der Waals surface area (Å²) in [4.78, 5) is 0. The number of hydrogen-bond acceptors (Lipinski definition) is 3. The topological polar surface area (TPSA) is 38.7 Å². The smallest absolute Gasteiger partial charge is 0.161 e. The molecule has 1 N–H and O–H groups in total. The van der Waals surface area contributed by atoms with Crippen LogP contribution in [0, 0.1) is 45.3 Å². The molecule has 34 heavy (non-hydrogen) atoms. The molecule has 0 unspecified atom stereocenters. The zero-order chi connectivity index (χ0) is 24.7. The summed E-state index contributed by atoms with van der Waals surface area (Å²) in [6, 6.07) is 0. The zero-order valence-electron chi connectivity index (χ0n) is 23.1. The molecule has 4 fully saturated rings. The van der Waals surface area contributed by atoms with Crippen LogP contribution in [0.5, 0.6) is 0 Å². The minimum atomic E-state index is -0.164. The summed E-state index contributed by atoms with van der Waals surface area (Å²) >= 11 is 0. The van der Waals surface area contributed by atoms with Gasteiger partial charge in [0.2, 0.25) is 0 Å². The van der Waals surface area contributed by atoms with E-state index in [1.165, 1.54) is 37.7 Å². The Hall–Kier alpha value is -0.640. The van der Waals surface area contributed by atoms with Gasteiger partial charge in [-0.05, 0) is 105 Å². The molecule has 1 aliphatic heterocycles. The Balaban J connectivity index is 1.47. The van der Waals surface area contributed by atoms with Crippen molar-refractivity contribution < 1.29 is 14.6 Å². The van der Waals surface area contributed by atoms with Crippen LogP contribution in [-0.2, 0) is 9.47 Å². The molecule has 10 atom stereocenters. The van der Waals surface area contributed by atoms with Crippen LogP contribution in [0.25, 0.3) is 0 Å². The van der Waals surface area contributed by atoms with Gasteiger partial charge in [-0.2, -0.15) is 0 Å². The Kier molecular flexibility index (Phi) is 6.02. The van der Waals surface area contributed by atoms with Gasteiger partial charge in [0.1, 0.15) is 0 Å². The first-order valence-corrected chi connectivity index (χ1v) is 14.1. The molecule has 0 spiro atoms. The van der Waals surface area contributed by atoms with Crippen molar-refractivity contribution in [2.45, 2.75) is 118 Å². The van der Waals surface area contributed by atoms with Crippen molar-refractivity contribution in [3.63, 3.8) is 0 Å². The number of rotatable bonds is 3. The van der Waals surface area contributed by atoms with E-state index < -0.39 is 0 Å². The molecule has 4 aliphatic carbocycles. The lowest BCUT2D eigenvalue weighted by Crippen LogP contribution is -2.58. The van der Waals surface area contributed by atoms with E-state index in [0.29, 0.717) is 34.5 Å². The summed E-state index contributed by atoms with van der Waals surface area (Å²) < 4.78 is 12.3. The van der Waals surface area contributed by atoms with Crippen LogP contribution in [0.3, 0.4) is 0 Å². The maximum Gasteiger partial charge on any atom is 0.161 e. The van der Waals surface area contributed by atoms with Crippen LogP contribution >= 0.6 is 0 Å². The second-order valence-electron chi connectivity index (χ2n) is 14.2. The van der Waals surface area contributed by atoms with E-state index in [9.17, 15) is 5.11 Å². The molecule has 192 valence electrons. The van der Waals surface area contributed by atoms with E-state index in [4.69, 9.17) is 9.47 Å². The van der Waals surface area contributed by atoms with Crippen molar-refractivity contribution in [1.29, 1.82) is 0 Å². The first kappa shape index (κ1) is 25.0. The highest BCUT2D eigenvalue weighted by atomic mass is 16.7. The van der Waals surface area contributed by atoms with Crippen molar-refractivity contribution in [3.05, 3.63) is 23.3 Å². The highest BCUT2D eigenvalue weighted by molar-refractivity contribution is 5.33. The Morgan fingerprint density at radius 2 is 1.79 bits per heavy atom. The SMILES string of the molecule is CO[C@@H]1O[C@H](C=C(C)C)C[C@H]1[C@@H]1CC[C@]2(C)C3=CC[C@H]4C(C)(C)[C@@H](O)CC[C@]4(C)[C@H]3CC[C@@]12C. The normalized spacial score (nSPS) is 51.8. The third kappa shape index (κ3) is 3.32. The van der Waals surface area contributed by atoms with Crippen LogP contribution in [0.15, 0.2) is 23.3 Å². The number of hydrogen-bond donors (Lipinski definition) is 1. The molecule has 1 saturated heterocycles. The van der Waals surface area contributed by atoms with Crippen LogP contribution in [0.4, 0.5) is 0 Å². The largest absolute Gasteiger partial charge is 0.393 e. The number of methoxy groups -OCH3 is 1. The van der Waals surface area contributed by atoms with Crippen LogP contribution in [0.2, 0.25) is 0 Å². The van der Waals surface area contributed by atoms with Crippen LogP contribution < -0.4 is 0 Å². The number of allylic oxidation sites excluding steroid dienone is 3. The van der Waals surface area contributed by atoms with E-state index in [2.05, 4.69) is 60.6 Å². The monoisotopic (exact) mass is 470 g/mol. The molecule has 1 heterocycles.